The van der Waals surface area contributed by atoms with Crippen molar-refractivity contribution in [1.29, 1.82) is 0 Å². The smallest absolute Gasteiger partial charge is 0.130 e. The van der Waals surface area contributed by atoms with Crippen LogP contribution >= 0.6 is 0 Å². The summed E-state index contributed by atoms with van der Waals surface area (Å²) in [5.74, 6) is -1.01. The van der Waals surface area contributed by atoms with Gasteiger partial charge in [0.05, 0.1) is 6.61 Å². The van der Waals surface area contributed by atoms with Gasteiger partial charge in [-0.1, -0.05) is 12.5 Å². The predicted molar refractivity (Wildman–Crippen MR) is 61.5 cm³/mol. The molecule has 1 N–H and O–H groups in total. The third-order valence-electron chi connectivity index (χ3n) is 3.38. The predicted octanol–water partition coefficient (Wildman–Crippen LogP) is 2.31. The summed E-state index contributed by atoms with van der Waals surface area (Å²) in [6.07, 6.45) is 2.99. The van der Waals surface area contributed by atoms with Crippen LogP contribution in [-0.2, 0) is 6.54 Å². The Morgan fingerprint density at radius 2 is 1.94 bits per heavy atom. The van der Waals surface area contributed by atoms with Crippen molar-refractivity contribution in [3.05, 3.63) is 35.4 Å². The molecule has 1 atom stereocenters. The van der Waals surface area contributed by atoms with Gasteiger partial charge in [0, 0.05) is 18.2 Å². The molecule has 1 saturated heterocycles. The fourth-order valence-electron chi connectivity index (χ4n) is 2.36. The Labute approximate surface area is 99.9 Å². The Morgan fingerprint density at radius 3 is 2.59 bits per heavy atom. The van der Waals surface area contributed by atoms with Crippen LogP contribution in [0.4, 0.5) is 8.78 Å². The first-order chi connectivity index (χ1) is 8.22. The summed E-state index contributed by atoms with van der Waals surface area (Å²) in [5, 5.41) is 9.25. The van der Waals surface area contributed by atoms with Crippen molar-refractivity contribution in [2.24, 2.45) is 0 Å². The first-order valence-corrected chi connectivity index (χ1v) is 6.00. The highest BCUT2D eigenvalue weighted by atomic mass is 19.1. The third-order valence-corrected chi connectivity index (χ3v) is 3.38. The van der Waals surface area contributed by atoms with Crippen molar-refractivity contribution >= 4 is 0 Å². The number of benzene rings is 1. The molecule has 1 aromatic carbocycles. The number of hydrogen-bond donors (Lipinski definition) is 1. The molecule has 1 fully saturated rings. The zero-order chi connectivity index (χ0) is 12.3. The first-order valence-electron chi connectivity index (χ1n) is 6.00. The van der Waals surface area contributed by atoms with E-state index < -0.39 is 11.6 Å². The molecule has 2 rings (SSSR count). The second-order valence-electron chi connectivity index (χ2n) is 4.50. The van der Waals surface area contributed by atoms with E-state index in [0.29, 0.717) is 0 Å². The van der Waals surface area contributed by atoms with Crippen molar-refractivity contribution in [3.8, 4) is 0 Å². The van der Waals surface area contributed by atoms with Gasteiger partial charge in [0.1, 0.15) is 11.6 Å². The van der Waals surface area contributed by atoms with E-state index in [2.05, 4.69) is 0 Å². The Hall–Kier alpha value is -1.00. The second kappa shape index (κ2) is 5.56. The summed E-state index contributed by atoms with van der Waals surface area (Å²) in [4.78, 5) is 1.96. The SMILES string of the molecule is OCC1CCCCN1Cc1c(F)cccc1F. The van der Waals surface area contributed by atoms with Gasteiger partial charge in [-0.25, -0.2) is 8.78 Å². The number of aliphatic hydroxyl groups excluding tert-OH is 1. The monoisotopic (exact) mass is 241 g/mol. The van der Waals surface area contributed by atoms with Crippen LogP contribution in [0, 0.1) is 11.6 Å². The van der Waals surface area contributed by atoms with E-state index in [1.54, 1.807) is 0 Å². The molecule has 17 heavy (non-hydrogen) atoms. The van der Waals surface area contributed by atoms with Crippen molar-refractivity contribution in [1.82, 2.24) is 4.90 Å². The molecule has 0 radical (unpaired) electrons. The van der Waals surface area contributed by atoms with Crippen LogP contribution < -0.4 is 0 Å². The summed E-state index contributed by atoms with van der Waals surface area (Å²) >= 11 is 0. The lowest BCUT2D eigenvalue weighted by atomic mass is 10.0. The van der Waals surface area contributed by atoms with Crippen LogP contribution in [0.25, 0.3) is 0 Å². The molecule has 0 amide bonds. The van der Waals surface area contributed by atoms with E-state index in [-0.39, 0.29) is 24.8 Å². The van der Waals surface area contributed by atoms with E-state index >= 15 is 0 Å². The van der Waals surface area contributed by atoms with Gasteiger partial charge in [-0.15, -0.1) is 0 Å². The minimum Gasteiger partial charge on any atom is -0.395 e. The van der Waals surface area contributed by atoms with Gasteiger partial charge >= 0.3 is 0 Å². The van der Waals surface area contributed by atoms with Gasteiger partial charge in [-0.2, -0.15) is 0 Å². The van der Waals surface area contributed by atoms with E-state index in [1.165, 1.54) is 18.2 Å². The number of halogens is 2. The molecule has 1 aliphatic heterocycles. The number of aliphatic hydroxyl groups is 1. The third kappa shape index (κ3) is 2.82. The molecule has 4 heteroatoms. The Balaban J connectivity index is 2.13. The first kappa shape index (κ1) is 12.5. The largest absolute Gasteiger partial charge is 0.395 e. The molecular formula is C13H17F2NO. The van der Waals surface area contributed by atoms with E-state index in [0.717, 1.165) is 25.8 Å². The summed E-state index contributed by atoms with van der Waals surface area (Å²) in [7, 11) is 0. The summed E-state index contributed by atoms with van der Waals surface area (Å²) in [6, 6.07) is 3.95. The molecule has 0 aliphatic carbocycles. The standard InChI is InChI=1S/C13H17F2NO/c14-12-5-3-6-13(15)11(12)8-16-7-2-1-4-10(16)9-17/h3,5-6,10,17H,1-2,4,7-9H2. The maximum atomic E-state index is 13.5. The molecule has 0 spiro atoms. The van der Waals surface area contributed by atoms with Crippen LogP contribution in [0.1, 0.15) is 24.8 Å². The normalized spacial score (nSPS) is 21.7. The fraction of sp³-hybridized carbons (Fsp3) is 0.538. The average molecular weight is 241 g/mol. The van der Waals surface area contributed by atoms with Gasteiger partial charge in [0.15, 0.2) is 0 Å². The highest BCUT2D eigenvalue weighted by Gasteiger charge is 2.23. The molecule has 0 saturated carbocycles. The maximum absolute atomic E-state index is 13.5. The molecule has 1 unspecified atom stereocenters. The van der Waals surface area contributed by atoms with Crippen LogP contribution in [0.5, 0.6) is 0 Å². The Morgan fingerprint density at radius 1 is 1.24 bits per heavy atom. The lowest BCUT2D eigenvalue weighted by Gasteiger charge is -2.34. The molecule has 0 aromatic heterocycles. The average Bonchev–Trinajstić information content (AvgIpc) is 2.34. The van der Waals surface area contributed by atoms with Gasteiger partial charge < -0.3 is 5.11 Å². The molecular weight excluding hydrogens is 224 g/mol. The Kier molecular flexibility index (Phi) is 4.07. The Bertz CT molecular complexity index is 363. The highest BCUT2D eigenvalue weighted by Crippen LogP contribution is 2.21. The van der Waals surface area contributed by atoms with Crippen LogP contribution in [0.2, 0.25) is 0 Å². The number of piperidine rings is 1. The lowest BCUT2D eigenvalue weighted by molar-refractivity contribution is 0.0821. The van der Waals surface area contributed by atoms with Gasteiger partial charge in [-0.05, 0) is 31.5 Å². The number of rotatable bonds is 3. The molecule has 1 heterocycles. The summed E-state index contributed by atoms with van der Waals surface area (Å²) in [6.45, 7) is 1.08. The van der Waals surface area contributed by atoms with Gasteiger partial charge in [0.25, 0.3) is 0 Å². The highest BCUT2D eigenvalue weighted by molar-refractivity contribution is 5.19. The maximum Gasteiger partial charge on any atom is 0.130 e. The van der Waals surface area contributed by atoms with Crippen LogP contribution in [0.15, 0.2) is 18.2 Å². The summed E-state index contributed by atoms with van der Waals surface area (Å²) < 4.78 is 27.0. The lowest BCUT2D eigenvalue weighted by Crippen LogP contribution is -2.41. The van der Waals surface area contributed by atoms with E-state index in [1.807, 2.05) is 4.90 Å². The number of hydrogen-bond acceptors (Lipinski definition) is 2. The quantitative estimate of drug-likeness (QED) is 0.877. The van der Waals surface area contributed by atoms with Crippen molar-refractivity contribution in [2.75, 3.05) is 13.2 Å². The van der Waals surface area contributed by atoms with Crippen molar-refractivity contribution < 1.29 is 13.9 Å². The zero-order valence-corrected chi connectivity index (χ0v) is 9.70. The molecule has 94 valence electrons. The molecule has 1 aromatic rings. The topological polar surface area (TPSA) is 23.5 Å². The second-order valence-corrected chi connectivity index (χ2v) is 4.50. The fourth-order valence-corrected chi connectivity index (χ4v) is 2.36. The number of likely N-dealkylation sites (tertiary alicyclic amines) is 1. The van der Waals surface area contributed by atoms with Gasteiger partial charge in [-0.3, -0.25) is 4.90 Å². The van der Waals surface area contributed by atoms with Crippen LogP contribution in [-0.4, -0.2) is 29.2 Å². The number of nitrogens with zero attached hydrogens (tertiary/aromatic N) is 1. The van der Waals surface area contributed by atoms with E-state index in [9.17, 15) is 13.9 Å². The van der Waals surface area contributed by atoms with Crippen molar-refractivity contribution in [3.63, 3.8) is 0 Å². The summed E-state index contributed by atoms with van der Waals surface area (Å²) in [5.41, 5.74) is 0.104. The van der Waals surface area contributed by atoms with Crippen molar-refractivity contribution in [2.45, 2.75) is 31.8 Å². The molecule has 2 nitrogen and oxygen atoms in total. The molecule has 1 aliphatic rings. The van der Waals surface area contributed by atoms with Gasteiger partial charge in [0.2, 0.25) is 0 Å². The minimum absolute atomic E-state index is 0.0303. The minimum atomic E-state index is -0.507. The van der Waals surface area contributed by atoms with E-state index in [4.69, 9.17) is 0 Å². The molecule has 0 bridgehead atoms. The zero-order valence-electron chi connectivity index (χ0n) is 9.70. The van der Waals surface area contributed by atoms with Crippen LogP contribution in [0.3, 0.4) is 0 Å².